The van der Waals surface area contributed by atoms with Crippen molar-refractivity contribution in [1.29, 1.82) is 0 Å². The van der Waals surface area contributed by atoms with E-state index in [9.17, 15) is 5.11 Å². The summed E-state index contributed by atoms with van der Waals surface area (Å²) in [6.07, 6.45) is 1.67. The lowest BCUT2D eigenvalue weighted by Crippen LogP contribution is -1.93. The minimum absolute atomic E-state index is 0.192. The molecule has 0 aliphatic carbocycles. The highest BCUT2D eigenvalue weighted by atomic mass is 16.3. The average molecular weight is 215 g/mol. The van der Waals surface area contributed by atoms with Crippen molar-refractivity contribution < 1.29 is 5.11 Å². The molecule has 4 nitrogen and oxygen atoms in total. The predicted octanol–water partition coefficient (Wildman–Crippen LogP) is 2.05. The van der Waals surface area contributed by atoms with E-state index >= 15 is 0 Å². The summed E-state index contributed by atoms with van der Waals surface area (Å²) in [6.45, 7) is 3.67. The first-order chi connectivity index (χ1) is 7.58. The zero-order valence-corrected chi connectivity index (χ0v) is 9.23. The summed E-state index contributed by atoms with van der Waals surface area (Å²) in [7, 11) is 0. The molecule has 0 aliphatic heterocycles. The largest absolute Gasteiger partial charge is 0.506 e. The molecule has 2 aromatic rings. The summed E-state index contributed by atoms with van der Waals surface area (Å²) in [5, 5.41) is 9.63. The SMILES string of the molecule is Cc1nc(C)c(-c2ccc(N)nc2)cc1O. The first kappa shape index (κ1) is 10.4. The molecule has 2 heterocycles. The number of hydrogen-bond acceptors (Lipinski definition) is 4. The maximum Gasteiger partial charge on any atom is 0.137 e. The van der Waals surface area contributed by atoms with E-state index in [1.54, 1.807) is 25.3 Å². The van der Waals surface area contributed by atoms with Crippen LogP contribution in [0.5, 0.6) is 5.75 Å². The third kappa shape index (κ3) is 1.82. The molecule has 0 saturated heterocycles. The lowest BCUT2D eigenvalue weighted by molar-refractivity contribution is 0.467. The molecule has 0 aromatic carbocycles. The number of pyridine rings is 2. The molecule has 2 aromatic heterocycles. The maximum atomic E-state index is 9.63. The molecule has 0 aliphatic rings. The molecule has 0 radical (unpaired) electrons. The third-order valence-corrected chi connectivity index (χ3v) is 2.47. The molecule has 0 fully saturated rings. The highest BCUT2D eigenvalue weighted by Gasteiger charge is 2.07. The molecular weight excluding hydrogens is 202 g/mol. The van der Waals surface area contributed by atoms with Crippen LogP contribution in [-0.2, 0) is 0 Å². The number of aromatic hydroxyl groups is 1. The Labute approximate surface area is 93.8 Å². The van der Waals surface area contributed by atoms with E-state index in [1.165, 1.54) is 0 Å². The van der Waals surface area contributed by atoms with Gasteiger partial charge in [-0.25, -0.2) is 4.98 Å². The van der Waals surface area contributed by atoms with Gasteiger partial charge in [-0.3, -0.25) is 4.98 Å². The second-order valence-electron chi connectivity index (χ2n) is 3.70. The van der Waals surface area contributed by atoms with Crippen molar-refractivity contribution >= 4 is 5.82 Å². The van der Waals surface area contributed by atoms with Gasteiger partial charge < -0.3 is 10.8 Å². The normalized spacial score (nSPS) is 10.4. The van der Waals surface area contributed by atoms with Gasteiger partial charge in [-0.2, -0.15) is 0 Å². The number of rotatable bonds is 1. The van der Waals surface area contributed by atoms with Gasteiger partial charge in [-0.15, -0.1) is 0 Å². The predicted molar refractivity (Wildman–Crippen MR) is 63.0 cm³/mol. The first-order valence-electron chi connectivity index (χ1n) is 4.97. The highest BCUT2D eigenvalue weighted by Crippen LogP contribution is 2.27. The van der Waals surface area contributed by atoms with Gasteiger partial charge in [0.2, 0.25) is 0 Å². The minimum Gasteiger partial charge on any atom is -0.506 e. The summed E-state index contributed by atoms with van der Waals surface area (Å²) < 4.78 is 0. The van der Waals surface area contributed by atoms with Gasteiger partial charge in [-0.1, -0.05) is 0 Å². The molecule has 82 valence electrons. The van der Waals surface area contributed by atoms with Crippen molar-refractivity contribution in [2.75, 3.05) is 5.73 Å². The quantitative estimate of drug-likeness (QED) is 0.763. The lowest BCUT2D eigenvalue weighted by Gasteiger charge is -2.07. The number of nitrogens with zero attached hydrogens (tertiary/aromatic N) is 2. The van der Waals surface area contributed by atoms with Crippen LogP contribution in [0, 0.1) is 13.8 Å². The fourth-order valence-electron chi connectivity index (χ4n) is 1.57. The van der Waals surface area contributed by atoms with Crippen LogP contribution in [0.2, 0.25) is 0 Å². The van der Waals surface area contributed by atoms with Crippen LogP contribution >= 0.6 is 0 Å². The zero-order valence-electron chi connectivity index (χ0n) is 9.23. The van der Waals surface area contributed by atoms with Crippen molar-refractivity contribution in [2.45, 2.75) is 13.8 Å². The highest BCUT2D eigenvalue weighted by molar-refractivity contribution is 5.67. The molecule has 0 unspecified atom stereocenters. The number of hydrogen-bond donors (Lipinski definition) is 2. The van der Waals surface area contributed by atoms with Crippen molar-refractivity contribution in [3.63, 3.8) is 0 Å². The lowest BCUT2D eigenvalue weighted by atomic mass is 10.1. The van der Waals surface area contributed by atoms with Gasteiger partial charge in [0.15, 0.2) is 0 Å². The fraction of sp³-hybridized carbons (Fsp3) is 0.167. The van der Waals surface area contributed by atoms with Crippen LogP contribution in [0.1, 0.15) is 11.4 Å². The Kier molecular flexibility index (Phi) is 2.48. The molecule has 0 saturated carbocycles. The van der Waals surface area contributed by atoms with Crippen LogP contribution in [0.15, 0.2) is 24.4 Å². The van der Waals surface area contributed by atoms with E-state index in [1.807, 2.05) is 13.0 Å². The monoisotopic (exact) mass is 215 g/mol. The van der Waals surface area contributed by atoms with E-state index in [-0.39, 0.29) is 5.75 Å². The number of aromatic nitrogens is 2. The van der Waals surface area contributed by atoms with Crippen molar-refractivity contribution in [2.24, 2.45) is 0 Å². The smallest absolute Gasteiger partial charge is 0.137 e. The van der Waals surface area contributed by atoms with Crippen LogP contribution < -0.4 is 5.73 Å². The van der Waals surface area contributed by atoms with Gasteiger partial charge in [-0.05, 0) is 32.0 Å². The molecule has 16 heavy (non-hydrogen) atoms. The van der Waals surface area contributed by atoms with Crippen LogP contribution in [0.4, 0.5) is 5.82 Å². The number of nitrogens with two attached hydrogens (primary N) is 1. The minimum atomic E-state index is 0.192. The second kappa shape index (κ2) is 3.81. The van der Waals surface area contributed by atoms with Gasteiger partial charge in [0.25, 0.3) is 0 Å². The Morgan fingerprint density at radius 2 is 1.94 bits per heavy atom. The van der Waals surface area contributed by atoms with Crippen LogP contribution in [0.25, 0.3) is 11.1 Å². The van der Waals surface area contributed by atoms with Crippen molar-refractivity contribution in [3.05, 3.63) is 35.8 Å². The molecule has 0 spiro atoms. The Balaban J connectivity index is 2.56. The number of anilines is 1. The van der Waals surface area contributed by atoms with E-state index in [2.05, 4.69) is 9.97 Å². The second-order valence-corrected chi connectivity index (χ2v) is 3.70. The fourth-order valence-corrected chi connectivity index (χ4v) is 1.57. The van der Waals surface area contributed by atoms with E-state index in [4.69, 9.17) is 5.73 Å². The van der Waals surface area contributed by atoms with Crippen molar-refractivity contribution in [1.82, 2.24) is 9.97 Å². The molecule has 0 atom stereocenters. The molecular formula is C12H13N3O. The molecule has 3 N–H and O–H groups in total. The van der Waals surface area contributed by atoms with Gasteiger partial charge in [0.05, 0.1) is 5.69 Å². The topological polar surface area (TPSA) is 72.0 Å². The van der Waals surface area contributed by atoms with Crippen molar-refractivity contribution in [3.8, 4) is 16.9 Å². The Bertz CT molecular complexity index is 521. The summed E-state index contributed by atoms with van der Waals surface area (Å²) in [5.41, 5.74) is 8.78. The van der Waals surface area contributed by atoms with Crippen LogP contribution in [-0.4, -0.2) is 15.1 Å². The third-order valence-electron chi connectivity index (χ3n) is 2.47. The standard InChI is InChI=1S/C12H13N3O/c1-7-10(5-11(16)8(2)15-7)9-3-4-12(13)14-6-9/h3-6,16H,1-2H3,(H2,13,14). The number of nitrogen functional groups attached to an aromatic ring is 1. The summed E-state index contributed by atoms with van der Waals surface area (Å²) in [6, 6.07) is 5.29. The Hall–Kier alpha value is -2.10. The molecule has 2 rings (SSSR count). The Morgan fingerprint density at radius 1 is 1.19 bits per heavy atom. The van der Waals surface area contributed by atoms with Crippen LogP contribution in [0.3, 0.4) is 0 Å². The molecule has 0 amide bonds. The van der Waals surface area contributed by atoms with E-state index in [0.29, 0.717) is 11.5 Å². The van der Waals surface area contributed by atoms with Gasteiger partial charge in [0, 0.05) is 23.0 Å². The van der Waals surface area contributed by atoms with E-state index in [0.717, 1.165) is 16.8 Å². The maximum absolute atomic E-state index is 9.63. The summed E-state index contributed by atoms with van der Waals surface area (Å²) >= 11 is 0. The van der Waals surface area contributed by atoms with Gasteiger partial charge in [0.1, 0.15) is 11.6 Å². The first-order valence-corrected chi connectivity index (χ1v) is 4.97. The Morgan fingerprint density at radius 3 is 2.56 bits per heavy atom. The summed E-state index contributed by atoms with van der Waals surface area (Å²) in [4.78, 5) is 8.28. The number of aryl methyl sites for hydroxylation is 2. The van der Waals surface area contributed by atoms with Gasteiger partial charge >= 0.3 is 0 Å². The van der Waals surface area contributed by atoms with E-state index < -0.39 is 0 Å². The molecule has 0 bridgehead atoms. The average Bonchev–Trinajstić information content (AvgIpc) is 2.25. The summed E-state index contributed by atoms with van der Waals surface area (Å²) in [5.74, 6) is 0.670. The molecule has 4 heteroatoms. The zero-order chi connectivity index (χ0) is 11.7.